The van der Waals surface area contributed by atoms with E-state index in [2.05, 4.69) is 12.8 Å². The van der Waals surface area contributed by atoms with Gasteiger partial charge in [-0.3, -0.25) is 0 Å². The van der Waals surface area contributed by atoms with Gasteiger partial charge in [0.05, 0.1) is 0 Å². The topological polar surface area (TPSA) is 9.23 Å². The Morgan fingerprint density at radius 3 is 3.00 bits per heavy atom. The predicted octanol–water partition coefficient (Wildman–Crippen LogP) is 3.10. The molecule has 0 aromatic carbocycles. The normalized spacial score (nSPS) is 38.1. The van der Waals surface area contributed by atoms with E-state index in [4.69, 9.17) is 11.2 Å². The smallest absolute Gasteiger partial charge is 0.0468 e. The maximum Gasteiger partial charge on any atom is 0.0468 e. The second-order valence-corrected chi connectivity index (χ2v) is 5.05. The number of terminal acetylenes is 1. The molecule has 1 nitrogen and oxygen atoms in total. The molecule has 0 aromatic rings. The molecule has 2 fully saturated rings. The quantitative estimate of drug-likeness (QED) is 0.496. The van der Waals surface area contributed by atoms with Gasteiger partial charge < -0.3 is 4.74 Å². The Morgan fingerprint density at radius 1 is 1.40 bits per heavy atom. The van der Waals surface area contributed by atoms with Gasteiger partial charge in [-0.1, -0.05) is 0 Å². The number of fused-ring (bicyclic) bond motifs is 2. The maximum atomic E-state index is 5.46. The van der Waals surface area contributed by atoms with Gasteiger partial charge in [0.15, 0.2) is 0 Å². The molecule has 0 N–H and O–H groups in total. The molecule has 0 aromatic heterocycles. The van der Waals surface area contributed by atoms with Gasteiger partial charge in [0.25, 0.3) is 0 Å². The highest BCUT2D eigenvalue weighted by Gasteiger charge is 2.46. The van der Waals surface area contributed by atoms with Crippen LogP contribution in [0.15, 0.2) is 0 Å². The van der Waals surface area contributed by atoms with Gasteiger partial charge in [0.1, 0.15) is 0 Å². The van der Waals surface area contributed by atoms with Crippen molar-refractivity contribution in [2.75, 3.05) is 13.2 Å². The van der Waals surface area contributed by atoms with E-state index in [0.717, 1.165) is 43.3 Å². The molecule has 1 heteroatoms. The maximum absolute atomic E-state index is 5.46. The van der Waals surface area contributed by atoms with Gasteiger partial charge in [-0.2, -0.15) is 0 Å². The first-order valence-electron chi connectivity index (χ1n) is 6.38. The van der Waals surface area contributed by atoms with Crippen LogP contribution in [0.4, 0.5) is 0 Å². The van der Waals surface area contributed by atoms with E-state index in [9.17, 15) is 0 Å². The summed E-state index contributed by atoms with van der Waals surface area (Å²) in [6.07, 6.45) is 12.0. The zero-order valence-electron chi connectivity index (χ0n) is 9.74. The highest BCUT2D eigenvalue weighted by Crippen LogP contribution is 2.54. The molecule has 0 radical (unpaired) electrons. The molecule has 2 aliphatic rings. The van der Waals surface area contributed by atoms with Crippen molar-refractivity contribution in [2.24, 2.45) is 23.7 Å². The predicted molar refractivity (Wildman–Crippen MR) is 62.4 cm³/mol. The van der Waals surface area contributed by atoms with Crippen LogP contribution in [-0.4, -0.2) is 13.2 Å². The molecule has 0 unspecified atom stereocenters. The van der Waals surface area contributed by atoms with Gasteiger partial charge in [-0.05, 0) is 56.3 Å². The summed E-state index contributed by atoms with van der Waals surface area (Å²) in [6.45, 7) is 3.88. The average molecular weight is 206 g/mol. The van der Waals surface area contributed by atoms with E-state index in [0.29, 0.717) is 0 Å². The molecule has 2 aliphatic carbocycles. The molecule has 0 saturated heterocycles. The third-order valence-electron chi connectivity index (χ3n) is 4.43. The van der Waals surface area contributed by atoms with Gasteiger partial charge in [0, 0.05) is 19.6 Å². The lowest BCUT2D eigenvalue weighted by Crippen LogP contribution is -2.14. The van der Waals surface area contributed by atoms with Crippen molar-refractivity contribution in [2.45, 2.75) is 39.0 Å². The summed E-state index contributed by atoms with van der Waals surface area (Å²) in [5.74, 6) is 6.49. The summed E-state index contributed by atoms with van der Waals surface area (Å²) in [5, 5.41) is 0. The second kappa shape index (κ2) is 5.03. The zero-order valence-corrected chi connectivity index (χ0v) is 9.74. The molecule has 0 aliphatic heterocycles. The molecule has 15 heavy (non-hydrogen) atoms. The highest BCUT2D eigenvalue weighted by atomic mass is 16.5. The van der Waals surface area contributed by atoms with Crippen LogP contribution in [0.5, 0.6) is 0 Å². The van der Waals surface area contributed by atoms with Crippen LogP contribution in [0.1, 0.15) is 39.0 Å². The molecule has 84 valence electrons. The zero-order chi connectivity index (χ0) is 10.7. The fraction of sp³-hybridized carbons (Fsp3) is 0.857. The summed E-state index contributed by atoms with van der Waals surface area (Å²) < 4.78 is 5.46. The van der Waals surface area contributed by atoms with Gasteiger partial charge >= 0.3 is 0 Å². The molecule has 4 atom stereocenters. The average Bonchev–Trinajstić information content (AvgIpc) is 2.76. The molecule has 2 rings (SSSR count). The van der Waals surface area contributed by atoms with Crippen LogP contribution in [0, 0.1) is 36.0 Å². The van der Waals surface area contributed by atoms with Crippen molar-refractivity contribution < 1.29 is 4.74 Å². The first kappa shape index (κ1) is 11.0. The van der Waals surface area contributed by atoms with Crippen molar-refractivity contribution in [3.63, 3.8) is 0 Å². The minimum absolute atomic E-state index is 0.849. The fourth-order valence-corrected chi connectivity index (χ4v) is 3.79. The van der Waals surface area contributed by atoms with E-state index in [-0.39, 0.29) is 0 Å². The van der Waals surface area contributed by atoms with E-state index >= 15 is 0 Å². The molecular formula is C14H22O. The van der Waals surface area contributed by atoms with Crippen LogP contribution < -0.4 is 0 Å². The van der Waals surface area contributed by atoms with E-state index < -0.39 is 0 Å². The molecule has 0 heterocycles. The Balaban J connectivity index is 1.82. The van der Waals surface area contributed by atoms with Crippen LogP contribution in [0.3, 0.4) is 0 Å². The number of hydrogen-bond acceptors (Lipinski definition) is 1. The highest BCUT2D eigenvalue weighted by molar-refractivity contribution is 5.01. The van der Waals surface area contributed by atoms with Gasteiger partial charge in [-0.15, -0.1) is 12.3 Å². The Labute approximate surface area is 93.6 Å². The minimum atomic E-state index is 0.849. The third kappa shape index (κ3) is 2.21. The van der Waals surface area contributed by atoms with Crippen LogP contribution in [-0.2, 0) is 4.74 Å². The summed E-state index contributed by atoms with van der Waals surface area (Å²) in [6, 6.07) is 0. The Morgan fingerprint density at radius 2 is 2.27 bits per heavy atom. The van der Waals surface area contributed by atoms with Crippen molar-refractivity contribution in [1.82, 2.24) is 0 Å². The second-order valence-electron chi connectivity index (χ2n) is 5.05. The first-order valence-corrected chi connectivity index (χ1v) is 6.38. The summed E-state index contributed by atoms with van der Waals surface area (Å²) in [5.41, 5.74) is 0. The Bertz CT molecular complexity index is 240. The third-order valence-corrected chi connectivity index (χ3v) is 4.43. The number of ether oxygens (including phenoxy) is 1. The van der Waals surface area contributed by atoms with Crippen LogP contribution >= 0.6 is 0 Å². The number of rotatable bonds is 5. The fourth-order valence-electron chi connectivity index (χ4n) is 3.79. The van der Waals surface area contributed by atoms with Gasteiger partial charge in [0.2, 0.25) is 0 Å². The van der Waals surface area contributed by atoms with Crippen molar-refractivity contribution in [3.05, 3.63) is 0 Å². The van der Waals surface area contributed by atoms with E-state index in [1.807, 2.05) is 0 Å². The standard InChI is InChI=1S/C14H22O/c1-3-5-13-11-6-7-14(13)12(10-11)8-9-15-4-2/h1,11-14H,4-10H2,2H3/t11-,12-,13+,14+/m0/s1. The molecule has 2 saturated carbocycles. The molecule has 2 bridgehead atoms. The van der Waals surface area contributed by atoms with Crippen molar-refractivity contribution in [3.8, 4) is 12.3 Å². The lowest BCUT2D eigenvalue weighted by molar-refractivity contribution is 0.120. The molecule has 0 spiro atoms. The summed E-state index contributed by atoms with van der Waals surface area (Å²) >= 11 is 0. The lowest BCUT2D eigenvalue weighted by atomic mass is 9.85. The SMILES string of the molecule is C#CC[C@@H]1[C@H]2CC[C@@H]1[C@@H](CCOCC)C2. The van der Waals surface area contributed by atoms with Gasteiger partial charge in [-0.25, -0.2) is 0 Å². The summed E-state index contributed by atoms with van der Waals surface area (Å²) in [4.78, 5) is 0. The Kier molecular flexibility index (Phi) is 3.70. The van der Waals surface area contributed by atoms with Crippen LogP contribution in [0.2, 0.25) is 0 Å². The largest absolute Gasteiger partial charge is 0.382 e. The molecule has 0 amide bonds. The monoisotopic (exact) mass is 206 g/mol. The Hall–Kier alpha value is -0.480. The van der Waals surface area contributed by atoms with Crippen LogP contribution in [0.25, 0.3) is 0 Å². The van der Waals surface area contributed by atoms with Crippen molar-refractivity contribution in [1.29, 1.82) is 0 Å². The van der Waals surface area contributed by atoms with Crippen molar-refractivity contribution >= 4 is 0 Å². The summed E-state index contributed by atoms with van der Waals surface area (Å²) in [7, 11) is 0. The first-order chi connectivity index (χ1) is 7.36. The number of hydrogen-bond donors (Lipinski definition) is 0. The van der Waals surface area contributed by atoms with E-state index in [1.54, 1.807) is 0 Å². The van der Waals surface area contributed by atoms with E-state index in [1.165, 1.54) is 25.7 Å². The lowest BCUT2D eigenvalue weighted by Gasteiger charge is -2.21. The molecular weight excluding hydrogens is 184 g/mol. The minimum Gasteiger partial charge on any atom is -0.382 e.